The number of benzene rings is 3. The van der Waals surface area contributed by atoms with Gasteiger partial charge in [-0.2, -0.15) is 8.61 Å². The summed E-state index contributed by atoms with van der Waals surface area (Å²) in [5.74, 6) is -1.15. The summed E-state index contributed by atoms with van der Waals surface area (Å²) in [6.07, 6.45) is 0.709. The van der Waals surface area contributed by atoms with Gasteiger partial charge in [0.25, 0.3) is 5.91 Å². The van der Waals surface area contributed by atoms with E-state index in [2.05, 4.69) is 10.6 Å². The number of hydrogen-bond donors (Lipinski definition) is 2. The van der Waals surface area contributed by atoms with Gasteiger partial charge in [0.05, 0.1) is 21.0 Å². The molecule has 1 aliphatic rings. The molecule has 2 N–H and O–H groups in total. The summed E-state index contributed by atoms with van der Waals surface area (Å²) in [7, 11) is -8.16. The molecule has 10 nitrogen and oxygen atoms in total. The van der Waals surface area contributed by atoms with E-state index in [-0.39, 0.29) is 40.2 Å². The molecule has 1 heterocycles. The number of hydrogen-bond acceptors (Lipinski definition) is 6. The van der Waals surface area contributed by atoms with E-state index < -0.39 is 44.4 Å². The molecule has 0 aliphatic carbocycles. The van der Waals surface area contributed by atoms with Crippen molar-refractivity contribution in [2.75, 3.05) is 25.0 Å². The van der Waals surface area contributed by atoms with E-state index in [1.807, 2.05) is 13.8 Å². The molecule has 0 saturated carbocycles. The normalized spacial score (nSPS) is 17.6. The summed E-state index contributed by atoms with van der Waals surface area (Å²) in [5.41, 5.74) is 0.395. The number of para-hydroxylation sites is 1. The van der Waals surface area contributed by atoms with Gasteiger partial charge in [-0.15, -0.1) is 0 Å². The first-order valence-corrected chi connectivity index (χ1v) is 15.8. The Morgan fingerprint density at radius 1 is 0.825 bits per heavy atom. The van der Waals surface area contributed by atoms with Crippen molar-refractivity contribution < 1.29 is 26.4 Å². The summed E-state index contributed by atoms with van der Waals surface area (Å²) in [6, 6.07) is 20.3. The number of amides is 2. The summed E-state index contributed by atoms with van der Waals surface area (Å²) in [6.45, 7) is 3.00. The second kappa shape index (κ2) is 12.3. The van der Waals surface area contributed by atoms with Crippen molar-refractivity contribution in [3.05, 3.63) is 90.5 Å². The highest BCUT2D eigenvalue weighted by Crippen LogP contribution is 2.26. The van der Waals surface area contributed by atoms with Crippen molar-refractivity contribution in [3.63, 3.8) is 0 Å². The minimum absolute atomic E-state index is 0.0134. The van der Waals surface area contributed by atoms with E-state index >= 15 is 0 Å². The molecular weight excluding hydrogens is 552 g/mol. The molecule has 0 aromatic heterocycles. The topological polar surface area (TPSA) is 133 Å². The highest BCUT2D eigenvalue weighted by molar-refractivity contribution is 7.89. The molecule has 0 bridgehead atoms. The number of nitrogens with zero attached hydrogens (tertiary/aromatic N) is 2. The van der Waals surface area contributed by atoms with Gasteiger partial charge in [0.1, 0.15) is 6.04 Å². The lowest BCUT2D eigenvalue weighted by Crippen LogP contribution is -2.60. The van der Waals surface area contributed by atoms with Gasteiger partial charge in [-0.3, -0.25) is 9.59 Å². The lowest BCUT2D eigenvalue weighted by Gasteiger charge is -2.39. The number of carbonyl (C=O) groups is 2. The van der Waals surface area contributed by atoms with Crippen LogP contribution in [0.25, 0.3) is 0 Å². The van der Waals surface area contributed by atoms with Gasteiger partial charge in [-0.1, -0.05) is 55.5 Å². The van der Waals surface area contributed by atoms with Crippen LogP contribution in [-0.2, 0) is 24.8 Å². The van der Waals surface area contributed by atoms with Crippen LogP contribution >= 0.6 is 0 Å². The van der Waals surface area contributed by atoms with E-state index in [0.717, 1.165) is 8.61 Å². The van der Waals surface area contributed by atoms with Crippen LogP contribution in [0.15, 0.2) is 94.7 Å². The first-order chi connectivity index (χ1) is 19.1. The molecule has 40 heavy (non-hydrogen) atoms. The fourth-order valence-electron chi connectivity index (χ4n) is 4.34. The van der Waals surface area contributed by atoms with Gasteiger partial charge in [-0.05, 0) is 49.7 Å². The summed E-state index contributed by atoms with van der Waals surface area (Å²) < 4.78 is 56.2. The van der Waals surface area contributed by atoms with Crippen LogP contribution in [0, 0.1) is 0 Å². The van der Waals surface area contributed by atoms with Gasteiger partial charge in [-0.25, -0.2) is 16.8 Å². The van der Waals surface area contributed by atoms with Crippen LogP contribution in [-0.4, -0.2) is 69.0 Å². The van der Waals surface area contributed by atoms with Gasteiger partial charge in [0.2, 0.25) is 26.0 Å². The number of anilines is 1. The Balaban J connectivity index is 1.69. The van der Waals surface area contributed by atoms with Crippen LogP contribution in [0.4, 0.5) is 5.69 Å². The number of carbonyl (C=O) groups excluding carboxylic acids is 2. The molecule has 3 aromatic carbocycles. The van der Waals surface area contributed by atoms with Crippen LogP contribution in [0.1, 0.15) is 30.6 Å². The number of piperazine rings is 1. The Hall–Kier alpha value is -3.58. The SMILES string of the molecule is CC[C@@H](C)NC(=O)c1ccccc1NC(=O)[C@@H]1CN(S(=O)(=O)c2ccccc2)CCN1S(=O)(=O)c1ccccc1. The monoisotopic (exact) mass is 584 g/mol. The van der Waals surface area contributed by atoms with Gasteiger partial charge in [0.15, 0.2) is 0 Å². The molecule has 212 valence electrons. The van der Waals surface area contributed by atoms with E-state index in [9.17, 15) is 26.4 Å². The van der Waals surface area contributed by atoms with Crippen molar-refractivity contribution in [2.45, 2.75) is 42.1 Å². The maximum absolute atomic E-state index is 13.7. The van der Waals surface area contributed by atoms with Crippen molar-refractivity contribution in [1.29, 1.82) is 0 Å². The molecule has 0 unspecified atom stereocenters. The van der Waals surface area contributed by atoms with Crippen LogP contribution in [0.3, 0.4) is 0 Å². The lowest BCUT2D eigenvalue weighted by molar-refractivity contribution is -0.120. The molecule has 1 saturated heterocycles. The molecule has 3 aromatic rings. The minimum Gasteiger partial charge on any atom is -0.350 e. The minimum atomic E-state index is -4.16. The standard InChI is InChI=1S/C28H32N4O6S2/c1-3-21(2)29-27(33)24-16-10-11-17-25(24)30-28(34)26-20-31(39(35,36)22-12-6-4-7-13-22)18-19-32(26)40(37,38)23-14-8-5-9-15-23/h4-17,21,26H,3,18-20H2,1-2H3,(H,29,33)(H,30,34)/t21-,26+/m1/s1. The smallest absolute Gasteiger partial charge is 0.253 e. The van der Waals surface area contributed by atoms with Crippen molar-refractivity contribution in [3.8, 4) is 0 Å². The van der Waals surface area contributed by atoms with Crippen LogP contribution in [0.2, 0.25) is 0 Å². The second-order valence-electron chi connectivity index (χ2n) is 9.44. The Morgan fingerprint density at radius 2 is 1.38 bits per heavy atom. The fourth-order valence-corrected chi connectivity index (χ4v) is 7.39. The third-order valence-electron chi connectivity index (χ3n) is 6.75. The van der Waals surface area contributed by atoms with Crippen molar-refractivity contribution >= 4 is 37.5 Å². The summed E-state index contributed by atoms with van der Waals surface area (Å²) in [5, 5.41) is 5.54. The predicted octanol–water partition coefficient (Wildman–Crippen LogP) is 2.92. The van der Waals surface area contributed by atoms with Gasteiger partial charge >= 0.3 is 0 Å². The number of rotatable bonds is 9. The highest BCUT2D eigenvalue weighted by atomic mass is 32.2. The predicted molar refractivity (Wildman–Crippen MR) is 152 cm³/mol. The first-order valence-electron chi connectivity index (χ1n) is 12.9. The maximum Gasteiger partial charge on any atom is 0.253 e. The zero-order valence-corrected chi connectivity index (χ0v) is 23.9. The van der Waals surface area contributed by atoms with E-state index in [4.69, 9.17) is 0 Å². The molecule has 0 spiro atoms. The average molecular weight is 585 g/mol. The molecule has 1 aliphatic heterocycles. The van der Waals surface area contributed by atoms with Gasteiger partial charge in [0, 0.05) is 25.7 Å². The molecule has 4 rings (SSSR count). The van der Waals surface area contributed by atoms with Gasteiger partial charge < -0.3 is 10.6 Å². The zero-order chi connectivity index (χ0) is 28.9. The first kappa shape index (κ1) is 29.4. The van der Waals surface area contributed by atoms with E-state index in [1.54, 1.807) is 60.7 Å². The molecule has 0 radical (unpaired) electrons. The van der Waals surface area contributed by atoms with Crippen LogP contribution < -0.4 is 10.6 Å². The number of nitrogens with one attached hydrogen (secondary N) is 2. The maximum atomic E-state index is 13.7. The second-order valence-corrected chi connectivity index (χ2v) is 13.3. The molecule has 2 amide bonds. The average Bonchev–Trinajstić information content (AvgIpc) is 2.97. The lowest BCUT2D eigenvalue weighted by atomic mass is 10.1. The molecule has 1 fully saturated rings. The zero-order valence-electron chi connectivity index (χ0n) is 22.2. The molecule has 12 heteroatoms. The van der Waals surface area contributed by atoms with E-state index in [0.29, 0.717) is 6.42 Å². The molecular formula is C28H32N4O6S2. The Bertz CT molecular complexity index is 1560. The third kappa shape index (κ3) is 6.25. The fraction of sp³-hybridized carbons (Fsp3) is 0.286. The van der Waals surface area contributed by atoms with E-state index in [1.165, 1.54) is 24.3 Å². The summed E-state index contributed by atoms with van der Waals surface area (Å²) >= 11 is 0. The highest BCUT2D eigenvalue weighted by Gasteiger charge is 2.43. The number of sulfonamides is 2. The van der Waals surface area contributed by atoms with Crippen molar-refractivity contribution in [2.24, 2.45) is 0 Å². The Kier molecular flexibility index (Phi) is 9.04. The Morgan fingerprint density at radius 3 is 1.98 bits per heavy atom. The quantitative estimate of drug-likeness (QED) is 0.398. The third-order valence-corrected chi connectivity index (χ3v) is 10.5. The molecule has 2 atom stereocenters. The Labute approximate surface area is 235 Å². The van der Waals surface area contributed by atoms with Crippen molar-refractivity contribution in [1.82, 2.24) is 13.9 Å². The largest absolute Gasteiger partial charge is 0.350 e. The summed E-state index contributed by atoms with van der Waals surface area (Å²) in [4.78, 5) is 26.7. The van der Waals surface area contributed by atoms with Crippen LogP contribution in [0.5, 0.6) is 0 Å².